The molecule has 1 atom stereocenters. The number of hydrogen-bond donors (Lipinski definition) is 2. The van der Waals surface area contributed by atoms with Gasteiger partial charge in [-0.3, -0.25) is 0 Å². The van der Waals surface area contributed by atoms with E-state index in [0.29, 0.717) is 6.04 Å². The van der Waals surface area contributed by atoms with Gasteiger partial charge in [-0.25, -0.2) is 0 Å². The summed E-state index contributed by atoms with van der Waals surface area (Å²) < 4.78 is 0. The minimum Gasteiger partial charge on any atom is -0.384 e. The third-order valence-electron chi connectivity index (χ3n) is 3.05. The summed E-state index contributed by atoms with van der Waals surface area (Å²) in [4.78, 5) is 0. The van der Waals surface area contributed by atoms with Crippen LogP contribution in [0, 0.1) is 5.92 Å². The van der Waals surface area contributed by atoms with Crippen LogP contribution in [0.4, 0.5) is 11.4 Å². The highest BCUT2D eigenvalue weighted by molar-refractivity contribution is 5.62. The fourth-order valence-corrected chi connectivity index (χ4v) is 2.45. The standard InChI is InChI=1S/C14H22N2/c1-10(2)8-11(3)16-13-4-5-14-12(9-13)6-7-15-14/h4-5,9-11,15-16H,6-8H2,1-3H3. The van der Waals surface area contributed by atoms with E-state index in [-0.39, 0.29) is 0 Å². The molecule has 1 aliphatic rings. The van der Waals surface area contributed by atoms with Gasteiger partial charge >= 0.3 is 0 Å². The summed E-state index contributed by atoms with van der Waals surface area (Å²) in [6.45, 7) is 7.88. The summed E-state index contributed by atoms with van der Waals surface area (Å²) in [5.41, 5.74) is 4.01. The average molecular weight is 218 g/mol. The normalized spacial score (nSPS) is 15.8. The van der Waals surface area contributed by atoms with Gasteiger partial charge < -0.3 is 10.6 Å². The second-order valence-corrected chi connectivity index (χ2v) is 5.22. The zero-order valence-corrected chi connectivity index (χ0v) is 10.5. The molecule has 0 saturated heterocycles. The molecule has 2 nitrogen and oxygen atoms in total. The lowest BCUT2D eigenvalue weighted by atomic mass is 10.0. The van der Waals surface area contributed by atoms with Crippen LogP contribution >= 0.6 is 0 Å². The topological polar surface area (TPSA) is 24.1 Å². The van der Waals surface area contributed by atoms with Gasteiger partial charge in [-0.2, -0.15) is 0 Å². The van der Waals surface area contributed by atoms with E-state index in [1.807, 2.05) is 0 Å². The van der Waals surface area contributed by atoms with Crippen LogP contribution in [-0.4, -0.2) is 12.6 Å². The van der Waals surface area contributed by atoms with Gasteiger partial charge in [0.2, 0.25) is 0 Å². The lowest BCUT2D eigenvalue weighted by molar-refractivity contribution is 0.540. The Morgan fingerprint density at radius 3 is 2.88 bits per heavy atom. The number of fused-ring (bicyclic) bond motifs is 1. The molecular formula is C14H22N2. The van der Waals surface area contributed by atoms with Crippen molar-refractivity contribution in [3.05, 3.63) is 23.8 Å². The highest BCUT2D eigenvalue weighted by Crippen LogP contribution is 2.25. The fraction of sp³-hybridized carbons (Fsp3) is 0.571. The summed E-state index contributed by atoms with van der Waals surface area (Å²) in [6.07, 6.45) is 2.37. The molecule has 0 fully saturated rings. The smallest absolute Gasteiger partial charge is 0.0375 e. The van der Waals surface area contributed by atoms with Gasteiger partial charge in [-0.15, -0.1) is 0 Å². The van der Waals surface area contributed by atoms with Gasteiger partial charge in [0, 0.05) is 24.0 Å². The molecule has 1 aromatic carbocycles. The molecule has 16 heavy (non-hydrogen) atoms. The van der Waals surface area contributed by atoms with Crippen molar-refractivity contribution in [2.24, 2.45) is 5.92 Å². The predicted octanol–water partition coefficient (Wildman–Crippen LogP) is 3.50. The van der Waals surface area contributed by atoms with E-state index in [9.17, 15) is 0 Å². The lowest BCUT2D eigenvalue weighted by Crippen LogP contribution is -2.17. The Kier molecular flexibility index (Phi) is 3.37. The monoisotopic (exact) mass is 218 g/mol. The molecule has 2 N–H and O–H groups in total. The third-order valence-corrected chi connectivity index (χ3v) is 3.05. The molecule has 0 saturated carbocycles. The van der Waals surface area contributed by atoms with Crippen LogP contribution < -0.4 is 10.6 Å². The first kappa shape index (κ1) is 11.3. The number of anilines is 2. The van der Waals surface area contributed by atoms with Gasteiger partial charge in [0.1, 0.15) is 0 Å². The van der Waals surface area contributed by atoms with Gasteiger partial charge in [-0.05, 0) is 49.4 Å². The summed E-state index contributed by atoms with van der Waals surface area (Å²) >= 11 is 0. The lowest BCUT2D eigenvalue weighted by Gasteiger charge is -2.17. The minimum absolute atomic E-state index is 0.549. The molecule has 0 radical (unpaired) electrons. The molecule has 1 aliphatic heterocycles. The average Bonchev–Trinajstić information content (AvgIpc) is 2.63. The largest absolute Gasteiger partial charge is 0.384 e. The molecule has 88 valence electrons. The van der Waals surface area contributed by atoms with Crippen LogP contribution in [0.15, 0.2) is 18.2 Å². The van der Waals surface area contributed by atoms with Crippen molar-refractivity contribution in [2.45, 2.75) is 39.7 Å². The molecule has 1 unspecified atom stereocenters. The number of nitrogens with one attached hydrogen (secondary N) is 2. The Morgan fingerprint density at radius 1 is 1.31 bits per heavy atom. The Bertz CT molecular complexity index is 358. The number of hydrogen-bond acceptors (Lipinski definition) is 2. The van der Waals surface area contributed by atoms with E-state index >= 15 is 0 Å². The number of benzene rings is 1. The van der Waals surface area contributed by atoms with Gasteiger partial charge in [0.15, 0.2) is 0 Å². The Labute approximate surface area is 98.4 Å². The van der Waals surface area contributed by atoms with Crippen LogP contribution in [-0.2, 0) is 6.42 Å². The first-order valence-corrected chi connectivity index (χ1v) is 6.28. The van der Waals surface area contributed by atoms with Crippen molar-refractivity contribution in [3.8, 4) is 0 Å². The zero-order valence-electron chi connectivity index (χ0n) is 10.5. The maximum atomic E-state index is 3.58. The first-order valence-electron chi connectivity index (χ1n) is 6.28. The van der Waals surface area contributed by atoms with Crippen molar-refractivity contribution in [3.63, 3.8) is 0 Å². The molecule has 2 heteroatoms. The molecular weight excluding hydrogens is 196 g/mol. The summed E-state index contributed by atoms with van der Waals surface area (Å²) in [5.74, 6) is 0.749. The molecule has 0 spiro atoms. The molecule has 0 aromatic heterocycles. The van der Waals surface area contributed by atoms with E-state index in [0.717, 1.165) is 18.9 Å². The van der Waals surface area contributed by atoms with E-state index in [2.05, 4.69) is 49.6 Å². The maximum absolute atomic E-state index is 3.58. The van der Waals surface area contributed by atoms with Crippen LogP contribution in [0.1, 0.15) is 32.8 Å². The van der Waals surface area contributed by atoms with Crippen LogP contribution in [0.2, 0.25) is 0 Å². The summed E-state index contributed by atoms with van der Waals surface area (Å²) in [7, 11) is 0. The molecule has 0 amide bonds. The van der Waals surface area contributed by atoms with Gasteiger partial charge in [0.05, 0.1) is 0 Å². The fourth-order valence-electron chi connectivity index (χ4n) is 2.45. The third kappa shape index (κ3) is 2.69. The minimum atomic E-state index is 0.549. The van der Waals surface area contributed by atoms with Crippen molar-refractivity contribution in [1.29, 1.82) is 0 Å². The molecule has 2 rings (SSSR count). The Morgan fingerprint density at radius 2 is 2.12 bits per heavy atom. The predicted molar refractivity (Wildman–Crippen MR) is 71.2 cm³/mol. The highest BCUT2D eigenvalue weighted by atomic mass is 14.9. The molecule has 0 aliphatic carbocycles. The Hall–Kier alpha value is -1.18. The number of rotatable bonds is 4. The SMILES string of the molecule is CC(C)CC(C)Nc1ccc2c(c1)CCN2. The van der Waals surface area contributed by atoms with Crippen LogP contribution in [0.25, 0.3) is 0 Å². The summed E-state index contributed by atoms with van der Waals surface area (Å²) in [6, 6.07) is 7.19. The van der Waals surface area contributed by atoms with E-state index < -0.39 is 0 Å². The van der Waals surface area contributed by atoms with Crippen molar-refractivity contribution >= 4 is 11.4 Å². The molecule has 1 heterocycles. The highest BCUT2D eigenvalue weighted by Gasteiger charge is 2.11. The molecule has 0 bridgehead atoms. The first-order chi connectivity index (χ1) is 7.65. The zero-order chi connectivity index (χ0) is 11.5. The van der Waals surface area contributed by atoms with Crippen LogP contribution in [0.3, 0.4) is 0 Å². The van der Waals surface area contributed by atoms with Gasteiger partial charge in [0.25, 0.3) is 0 Å². The molecule has 1 aromatic rings. The van der Waals surface area contributed by atoms with E-state index in [4.69, 9.17) is 0 Å². The van der Waals surface area contributed by atoms with Crippen molar-refractivity contribution in [2.75, 3.05) is 17.2 Å². The van der Waals surface area contributed by atoms with E-state index in [1.54, 1.807) is 0 Å². The quantitative estimate of drug-likeness (QED) is 0.808. The van der Waals surface area contributed by atoms with Crippen LogP contribution in [0.5, 0.6) is 0 Å². The maximum Gasteiger partial charge on any atom is 0.0375 e. The second-order valence-electron chi connectivity index (χ2n) is 5.22. The second kappa shape index (κ2) is 4.77. The van der Waals surface area contributed by atoms with Gasteiger partial charge in [-0.1, -0.05) is 13.8 Å². The van der Waals surface area contributed by atoms with E-state index in [1.165, 1.54) is 23.4 Å². The van der Waals surface area contributed by atoms with Crippen molar-refractivity contribution < 1.29 is 0 Å². The summed E-state index contributed by atoms with van der Waals surface area (Å²) in [5, 5.41) is 6.96. The van der Waals surface area contributed by atoms with Crippen molar-refractivity contribution in [1.82, 2.24) is 0 Å². The Balaban J connectivity index is 1.99.